The van der Waals surface area contributed by atoms with E-state index in [4.69, 9.17) is 5.26 Å². The van der Waals surface area contributed by atoms with Gasteiger partial charge in [0.1, 0.15) is 0 Å². The van der Waals surface area contributed by atoms with E-state index in [1.807, 2.05) is 24.0 Å². The summed E-state index contributed by atoms with van der Waals surface area (Å²) in [5, 5.41) is 16.1. The zero-order valence-electron chi connectivity index (χ0n) is 9.57. The van der Waals surface area contributed by atoms with Gasteiger partial charge < -0.3 is 5.32 Å². The third-order valence-corrected chi connectivity index (χ3v) is 2.18. The first-order chi connectivity index (χ1) is 7.13. The lowest BCUT2D eigenvalue weighted by atomic mass is 10.2. The van der Waals surface area contributed by atoms with Crippen LogP contribution in [0.5, 0.6) is 0 Å². The first-order valence-corrected chi connectivity index (χ1v) is 5.27. The van der Waals surface area contributed by atoms with Gasteiger partial charge in [-0.05, 0) is 20.8 Å². The minimum Gasteiger partial charge on any atom is -0.311 e. The molecule has 0 aromatic carbocycles. The van der Waals surface area contributed by atoms with Crippen molar-refractivity contribution in [1.29, 1.82) is 5.26 Å². The Kier molecular flexibility index (Phi) is 4.32. The summed E-state index contributed by atoms with van der Waals surface area (Å²) in [6.45, 7) is 7.61. The van der Waals surface area contributed by atoms with E-state index in [2.05, 4.69) is 30.3 Å². The molecule has 15 heavy (non-hydrogen) atoms. The minimum absolute atomic E-state index is 0.0603. The van der Waals surface area contributed by atoms with E-state index >= 15 is 0 Å². The maximum Gasteiger partial charge on any atom is 0.0666 e. The van der Waals surface area contributed by atoms with Crippen LogP contribution in [0, 0.1) is 17.2 Å². The van der Waals surface area contributed by atoms with Crippen LogP contribution in [0.1, 0.15) is 32.4 Å². The lowest BCUT2D eigenvalue weighted by Gasteiger charge is -2.04. The molecule has 1 atom stereocenters. The molecule has 1 aromatic heterocycles. The molecule has 0 amide bonds. The second kappa shape index (κ2) is 5.52. The summed E-state index contributed by atoms with van der Waals surface area (Å²) in [7, 11) is 0. The average molecular weight is 206 g/mol. The van der Waals surface area contributed by atoms with E-state index in [1.165, 1.54) is 0 Å². The standard InChI is InChI=1S/C11H18N4/c1-9(2)15-8-11(7-14-15)6-13-5-10(3)4-12/h7-10,13H,5-6H2,1-3H3. The third kappa shape index (κ3) is 3.72. The van der Waals surface area contributed by atoms with Crippen LogP contribution in [0.15, 0.2) is 12.4 Å². The number of aromatic nitrogens is 2. The monoisotopic (exact) mass is 206 g/mol. The van der Waals surface area contributed by atoms with E-state index < -0.39 is 0 Å². The first kappa shape index (κ1) is 11.7. The van der Waals surface area contributed by atoms with Crippen molar-refractivity contribution in [2.24, 2.45) is 5.92 Å². The molecule has 4 heteroatoms. The molecular formula is C11H18N4. The highest BCUT2D eigenvalue weighted by Gasteiger charge is 2.02. The van der Waals surface area contributed by atoms with Crippen LogP contribution in [0.2, 0.25) is 0 Å². The van der Waals surface area contributed by atoms with Crippen molar-refractivity contribution < 1.29 is 0 Å². The Hall–Kier alpha value is -1.34. The number of nitrogens with zero attached hydrogens (tertiary/aromatic N) is 3. The van der Waals surface area contributed by atoms with Gasteiger partial charge >= 0.3 is 0 Å². The summed E-state index contributed by atoms with van der Waals surface area (Å²) < 4.78 is 1.94. The fraction of sp³-hybridized carbons (Fsp3) is 0.636. The normalized spacial score (nSPS) is 12.7. The summed E-state index contributed by atoms with van der Waals surface area (Å²) >= 11 is 0. The Morgan fingerprint density at radius 1 is 1.53 bits per heavy atom. The van der Waals surface area contributed by atoms with E-state index in [0.717, 1.165) is 18.7 Å². The lowest BCUT2D eigenvalue weighted by Crippen LogP contribution is -2.19. The van der Waals surface area contributed by atoms with E-state index in [1.54, 1.807) is 0 Å². The number of nitriles is 1. The van der Waals surface area contributed by atoms with Crippen molar-refractivity contribution in [2.75, 3.05) is 6.54 Å². The Labute approximate surface area is 90.9 Å². The molecule has 0 radical (unpaired) electrons. The molecule has 82 valence electrons. The van der Waals surface area contributed by atoms with Gasteiger partial charge in [-0.2, -0.15) is 10.4 Å². The molecule has 1 rings (SSSR count). The molecule has 0 saturated heterocycles. The van der Waals surface area contributed by atoms with Gasteiger partial charge in [0.05, 0.1) is 18.2 Å². The third-order valence-electron chi connectivity index (χ3n) is 2.18. The zero-order chi connectivity index (χ0) is 11.3. The highest BCUT2D eigenvalue weighted by atomic mass is 15.3. The molecule has 4 nitrogen and oxygen atoms in total. The summed E-state index contributed by atoms with van der Waals surface area (Å²) in [6.07, 6.45) is 3.90. The van der Waals surface area contributed by atoms with Crippen LogP contribution < -0.4 is 5.32 Å². The Morgan fingerprint density at radius 3 is 2.80 bits per heavy atom. The van der Waals surface area contributed by atoms with E-state index in [9.17, 15) is 0 Å². The van der Waals surface area contributed by atoms with Gasteiger partial charge in [-0.15, -0.1) is 0 Å². The van der Waals surface area contributed by atoms with Crippen LogP contribution in [0.3, 0.4) is 0 Å². The van der Waals surface area contributed by atoms with Gasteiger partial charge in [-0.1, -0.05) is 0 Å². The molecule has 0 saturated carbocycles. The SMILES string of the molecule is CC(C#N)CNCc1cnn(C(C)C)c1. The van der Waals surface area contributed by atoms with E-state index in [-0.39, 0.29) is 5.92 Å². The van der Waals surface area contributed by atoms with Crippen LogP contribution in [0.4, 0.5) is 0 Å². The Bertz CT molecular complexity index is 335. The predicted molar refractivity (Wildman–Crippen MR) is 59.1 cm³/mol. The largest absolute Gasteiger partial charge is 0.311 e. The minimum atomic E-state index is 0.0603. The van der Waals surface area contributed by atoms with Gasteiger partial charge in [0.15, 0.2) is 0 Å². The van der Waals surface area contributed by atoms with Crippen molar-refractivity contribution in [3.05, 3.63) is 18.0 Å². The molecule has 0 aliphatic heterocycles. The second-order valence-electron chi connectivity index (χ2n) is 4.08. The van der Waals surface area contributed by atoms with Crippen LogP contribution in [-0.2, 0) is 6.54 Å². The number of nitrogens with one attached hydrogen (secondary N) is 1. The molecule has 1 heterocycles. The summed E-state index contributed by atoms with van der Waals surface area (Å²) in [4.78, 5) is 0. The lowest BCUT2D eigenvalue weighted by molar-refractivity contribution is 0.531. The van der Waals surface area contributed by atoms with Crippen LogP contribution in [-0.4, -0.2) is 16.3 Å². The summed E-state index contributed by atoms with van der Waals surface area (Å²) in [5.41, 5.74) is 1.16. The fourth-order valence-electron chi connectivity index (χ4n) is 1.23. The van der Waals surface area contributed by atoms with Gasteiger partial charge in [-0.25, -0.2) is 0 Å². The maximum absolute atomic E-state index is 8.60. The molecule has 1 N–H and O–H groups in total. The molecule has 0 aliphatic rings. The smallest absolute Gasteiger partial charge is 0.0666 e. The van der Waals surface area contributed by atoms with Crippen molar-refractivity contribution >= 4 is 0 Å². The second-order valence-corrected chi connectivity index (χ2v) is 4.08. The molecule has 0 spiro atoms. The van der Waals surface area contributed by atoms with Crippen LogP contribution in [0.25, 0.3) is 0 Å². The van der Waals surface area contributed by atoms with E-state index in [0.29, 0.717) is 6.04 Å². The van der Waals surface area contributed by atoms with Gasteiger partial charge in [0.2, 0.25) is 0 Å². The Morgan fingerprint density at radius 2 is 2.27 bits per heavy atom. The number of rotatable bonds is 5. The highest BCUT2D eigenvalue weighted by molar-refractivity contribution is 5.03. The van der Waals surface area contributed by atoms with Crippen molar-refractivity contribution in [2.45, 2.75) is 33.4 Å². The van der Waals surface area contributed by atoms with Gasteiger partial charge in [0, 0.05) is 30.9 Å². The number of hydrogen-bond donors (Lipinski definition) is 1. The Balaban J connectivity index is 2.35. The van der Waals surface area contributed by atoms with Crippen molar-refractivity contribution in [3.63, 3.8) is 0 Å². The number of hydrogen-bond acceptors (Lipinski definition) is 3. The first-order valence-electron chi connectivity index (χ1n) is 5.27. The fourth-order valence-corrected chi connectivity index (χ4v) is 1.23. The maximum atomic E-state index is 8.60. The molecule has 1 unspecified atom stereocenters. The van der Waals surface area contributed by atoms with Crippen LogP contribution >= 0.6 is 0 Å². The van der Waals surface area contributed by atoms with Crippen molar-refractivity contribution in [3.8, 4) is 6.07 Å². The average Bonchev–Trinajstić information content (AvgIpc) is 2.66. The topological polar surface area (TPSA) is 53.6 Å². The highest BCUT2D eigenvalue weighted by Crippen LogP contribution is 2.04. The quantitative estimate of drug-likeness (QED) is 0.798. The van der Waals surface area contributed by atoms with Gasteiger partial charge in [-0.3, -0.25) is 4.68 Å². The van der Waals surface area contributed by atoms with Gasteiger partial charge in [0.25, 0.3) is 0 Å². The molecule has 1 aromatic rings. The molecule has 0 aliphatic carbocycles. The summed E-state index contributed by atoms with van der Waals surface area (Å²) in [5.74, 6) is 0.0603. The molecule has 0 bridgehead atoms. The molecule has 0 fully saturated rings. The molecular weight excluding hydrogens is 188 g/mol. The van der Waals surface area contributed by atoms with Crippen molar-refractivity contribution in [1.82, 2.24) is 15.1 Å². The predicted octanol–water partition coefficient (Wildman–Crippen LogP) is 1.71. The summed E-state index contributed by atoms with van der Waals surface area (Å²) in [6, 6.07) is 2.59. The zero-order valence-corrected chi connectivity index (χ0v) is 9.57.